The van der Waals surface area contributed by atoms with Crippen LogP contribution in [0.3, 0.4) is 0 Å². The molecule has 1 aliphatic carbocycles. The summed E-state index contributed by atoms with van der Waals surface area (Å²) in [5, 5.41) is 16.4. The van der Waals surface area contributed by atoms with Crippen molar-refractivity contribution in [1.29, 1.82) is 5.26 Å². The molecule has 0 amide bonds. The lowest BCUT2D eigenvalue weighted by molar-refractivity contribution is 0.125. The number of ether oxygens (including phenoxy) is 1. The third kappa shape index (κ3) is 2.28. The second-order valence-electron chi connectivity index (χ2n) is 3.97. The predicted molar refractivity (Wildman–Crippen MR) is 57.6 cm³/mol. The highest BCUT2D eigenvalue weighted by Gasteiger charge is 2.24. The van der Waals surface area contributed by atoms with E-state index in [1.807, 2.05) is 6.07 Å². The van der Waals surface area contributed by atoms with Crippen molar-refractivity contribution in [2.75, 3.05) is 0 Å². The van der Waals surface area contributed by atoms with E-state index in [1.54, 1.807) is 6.07 Å². The van der Waals surface area contributed by atoms with E-state index in [9.17, 15) is 0 Å². The standard InChI is InChI=1S/C11H14N4O/c12-7-8-5-6-14-15-11(8)16-10-4-2-1-3-9(10)13/h5-6,9-10H,1-4,13H2. The van der Waals surface area contributed by atoms with Gasteiger partial charge in [-0.25, -0.2) is 0 Å². The van der Waals surface area contributed by atoms with E-state index in [0.29, 0.717) is 11.4 Å². The third-order valence-electron chi connectivity index (χ3n) is 2.82. The number of nitrogens with two attached hydrogens (primary N) is 1. The zero-order valence-corrected chi connectivity index (χ0v) is 8.97. The van der Waals surface area contributed by atoms with Crippen molar-refractivity contribution in [3.8, 4) is 11.9 Å². The van der Waals surface area contributed by atoms with Crippen LogP contribution in [0.25, 0.3) is 0 Å². The van der Waals surface area contributed by atoms with Gasteiger partial charge in [-0.15, -0.1) is 5.10 Å². The molecule has 0 radical (unpaired) electrons. The minimum absolute atomic E-state index is 0.0299. The van der Waals surface area contributed by atoms with Crippen molar-refractivity contribution < 1.29 is 4.74 Å². The second-order valence-corrected chi connectivity index (χ2v) is 3.97. The number of hydrogen-bond acceptors (Lipinski definition) is 5. The first-order valence-electron chi connectivity index (χ1n) is 5.45. The number of nitriles is 1. The highest BCUT2D eigenvalue weighted by Crippen LogP contribution is 2.22. The summed E-state index contributed by atoms with van der Waals surface area (Å²) in [5.41, 5.74) is 6.37. The Morgan fingerprint density at radius 3 is 3.00 bits per heavy atom. The predicted octanol–water partition coefficient (Wildman–Crippen LogP) is 0.997. The molecule has 0 aliphatic heterocycles. The van der Waals surface area contributed by atoms with Gasteiger partial charge in [-0.1, -0.05) is 6.42 Å². The first-order valence-corrected chi connectivity index (χ1v) is 5.45. The van der Waals surface area contributed by atoms with E-state index in [0.717, 1.165) is 25.7 Å². The number of rotatable bonds is 2. The summed E-state index contributed by atoms with van der Waals surface area (Å²) >= 11 is 0. The van der Waals surface area contributed by atoms with Crippen LogP contribution in [0.1, 0.15) is 31.2 Å². The largest absolute Gasteiger partial charge is 0.471 e. The first-order chi connectivity index (χ1) is 7.81. The molecule has 84 valence electrons. The van der Waals surface area contributed by atoms with E-state index >= 15 is 0 Å². The molecule has 1 fully saturated rings. The van der Waals surface area contributed by atoms with Gasteiger partial charge in [0.05, 0.1) is 6.20 Å². The van der Waals surface area contributed by atoms with Gasteiger partial charge in [0.1, 0.15) is 17.7 Å². The summed E-state index contributed by atoms with van der Waals surface area (Å²) in [4.78, 5) is 0. The monoisotopic (exact) mass is 218 g/mol. The molecule has 1 aliphatic rings. The van der Waals surface area contributed by atoms with E-state index < -0.39 is 0 Å². The van der Waals surface area contributed by atoms with Crippen LogP contribution in [-0.4, -0.2) is 22.3 Å². The molecule has 1 saturated carbocycles. The van der Waals surface area contributed by atoms with Crippen molar-refractivity contribution >= 4 is 0 Å². The molecule has 0 aromatic carbocycles. The molecule has 0 bridgehead atoms. The van der Waals surface area contributed by atoms with Gasteiger partial charge in [-0.3, -0.25) is 0 Å². The summed E-state index contributed by atoms with van der Waals surface area (Å²) < 4.78 is 5.67. The molecule has 1 aromatic rings. The Morgan fingerprint density at radius 2 is 2.25 bits per heavy atom. The third-order valence-corrected chi connectivity index (χ3v) is 2.82. The van der Waals surface area contributed by atoms with Crippen LogP contribution < -0.4 is 10.5 Å². The lowest BCUT2D eigenvalue weighted by atomic mass is 9.93. The molecule has 1 heterocycles. The van der Waals surface area contributed by atoms with Crippen molar-refractivity contribution in [2.45, 2.75) is 37.8 Å². The Labute approximate surface area is 94.2 Å². The maximum Gasteiger partial charge on any atom is 0.251 e. The van der Waals surface area contributed by atoms with Crippen LogP contribution >= 0.6 is 0 Å². The summed E-state index contributed by atoms with van der Waals surface area (Å²) in [6, 6.07) is 3.66. The van der Waals surface area contributed by atoms with Gasteiger partial charge < -0.3 is 10.5 Å². The van der Waals surface area contributed by atoms with Gasteiger partial charge in [-0.2, -0.15) is 10.4 Å². The topological polar surface area (TPSA) is 84.8 Å². The maximum atomic E-state index is 8.88. The molecule has 0 spiro atoms. The fraction of sp³-hybridized carbons (Fsp3) is 0.545. The molecule has 1 aromatic heterocycles. The van der Waals surface area contributed by atoms with E-state index in [-0.39, 0.29) is 12.1 Å². The molecular weight excluding hydrogens is 204 g/mol. The average Bonchev–Trinajstić information content (AvgIpc) is 2.33. The SMILES string of the molecule is N#Cc1ccnnc1OC1CCCCC1N. The fourth-order valence-corrected chi connectivity index (χ4v) is 1.91. The quantitative estimate of drug-likeness (QED) is 0.800. The Morgan fingerprint density at radius 1 is 1.44 bits per heavy atom. The second kappa shape index (κ2) is 4.90. The lowest BCUT2D eigenvalue weighted by Crippen LogP contribution is -2.41. The highest BCUT2D eigenvalue weighted by atomic mass is 16.5. The van der Waals surface area contributed by atoms with Crippen LogP contribution in [0.5, 0.6) is 5.88 Å². The molecule has 2 N–H and O–H groups in total. The number of aromatic nitrogens is 2. The molecule has 5 heteroatoms. The number of hydrogen-bond donors (Lipinski definition) is 1. The highest BCUT2D eigenvalue weighted by molar-refractivity contribution is 5.35. The lowest BCUT2D eigenvalue weighted by Gasteiger charge is -2.28. The Balaban J connectivity index is 2.11. The van der Waals surface area contributed by atoms with E-state index in [4.69, 9.17) is 15.7 Å². The van der Waals surface area contributed by atoms with E-state index in [1.165, 1.54) is 6.20 Å². The molecular formula is C11H14N4O. The van der Waals surface area contributed by atoms with Gasteiger partial charge in [-0.05, 0) is 25.3 Å². The Hall–Kier alpha value is -1.67. The summed E-state index contributed by atoms with van der Waals surface area (Å²) in [5.74, 6) is 0.298. The van der Waals surface area contributed by atoms with Crippen molar-refractivity contribution in [2.24, 2.45) is 5.73 Å². The summed E-state index contributed by atoms with van der Waals surface area (Å²) in [6.45, 7) is 0. The maximum absolute atomic E-state index is 8.88. The van der Waals surface area contributed by atoms with Crippen LogP contribution in [0.2, 0.25) is 0 Å². The van der Waals surface area contributed by atoms with Gasteiger partial charge in [0, 0.05) is 6.04 Å². The Kier molecular flexibility index (Phi) is 3.32. The van der Waals surface area contributed by atoms with Gasteiger partial charge in [0.2, 0.25) is 0 Å². The fourth-order valence-electron chi connectivity index (χ4n) is 1.91. The van der Waals surface area contributed by atoms with Crippen LogP contribution in [0.4, 0.5) is 0 Å². The average molecular weight is 218 g/mol. The van der Waals surface area contributed by atoms with Crippen molar-refractivity contribution in [3.05, 3.63) is 17.8 Å². The van der Waals surface area contributed by atoms with Crippen molar-refractivity contribution in [1.82, 2.24) is 10.2 Å². The molecule has 16 heavy (non-hydrogen) atoms. The summed E-state index contributed by atoms with van der Waals surface area (Å²) in [6.07, 6.45) is 5.58. The van der Waals surface area contributed by atoms with E-state index in [2.05, 4.69) is 10.2 Å². The van der Waals surface area contributed by atoms with Crippen LogP contribution in [0, 0.1) is 11.3 Å². The minimum Gasteiger partial charge on any atom is -0.471 e. The molecule has 2 atom stereocenters. The Bertz CT molecular complexity index is 401. The van der Waals surface area contributed by atoms with Gasteiger partial charge in [0.25, 0.3) is 5.88 Å². The van der Waals surface area contributed by atoms with Crippen LogP contribution in [0.15, 0.2) is 12.3 Å². The van der Waals surface area contributed by atoms with Gasteiger partial charge >= 0.3 is 0 Å². The zero-order valence-electron chi connectivity index (χ0n) is 8.97. The molecule has 0 saturated heterocycles. The smallest absolute Gasteiger partial charge is 0.251 e. The number of nitrogens with zero attached hydrogens (tertiary/aromatic N) is 3. The van der Waals surface area contributed by atoms with Crippen LogP contribution in [-0.2, 0) is 0 Å². The van der Waals surface area contributed by atoms with Gasteiger partial charge in [0.15, 0.2) is 0 Å². The first kappa shape index (κ1) is 10.8. The molecule has 5 nitrogen and oxygen atoms in total. The zero-order chi connectivity index (χ0) is 11.4. The molecule has 2 unspecified atom stereocenters. The summed E-state index contributed by atoms with van der Waals surface area (Å²) in [7, 11) is 0. The minimum atomic E-state index is -0.0439. The van der Waals surface area contributed by atoms with Crippen molar-refractivity contribution in [3.63, 3.8) is 0 Å². The molecule has 2 rings (SSSR count). The normalized spacial score (nSPS) is 24.8.